The van der Waals surface area contributed by atoms with E-state index in [-0.39, 0.29) is 17.3 Å². The number of hydrogen-bond donors (Lipinski definition) is 0. The number of ether oxygens (including phenoxy) is 2. The van der Waals surface area contributed by atoms with E-state index >= 15 is 0 Å². The summed E-state index contributed by atoms with van der Waals surface area (Å²) in [4.78, 5) is 12.0. The Morgan fingerprint density at radius 2 is 1.69 bits per heavy atom. The summed E-state index contributed by atoms with van der Waals surface area (Å²) in [6.45, 7) is 13.5. The van der Waals surface area contributed by atoms with Gasteiger partial charge >= 0.3 is 0 Å². The Morgan fingerprint density at radius 3 is 2.00 bits per heavy atom. The van der Waals surface area contributed by atoms with Crippen molar-refractivity contribution in [3.8, 4) is 0 Å². The monoisotopic (exact) mass is 228 g/mol. The lowest BCUT2D eigenvalue weighted by atomic mass is 9.85. The number of carbonyl (C=O) groups excluding carboxylic acids is 1. The summed E-state index contributed by atoms with van der Waals surface area (Å²) in [6, 6.07) is 0. The quantitative estimate of drug-likeness (QED) is 0.729. The van der Waals surface area contributed by atoms with E-state index in [1.807, 2.05) is 48.5 Å². The molecule has 0 aromatic carbocycles. The molecule has 1 atom stereocenters. The molecule has 0 radical (unpaired) electrons. The van der Waals surface area contributed by atoms with Gasteiger partial charge in [0.05, 0.1) is 11.7 Å². The topological polar surface area (TPSA) is 35.5 Å². The number of Topliss-reactive ketones (excluding diaryl/α,β-unsaturated/α-hetero) is 1. The number of rotatable bonds is 2. The average Bonchev–Trinajstić information content (AvgIpc) is 2.17. The van der Waals surface area contributed by atoms with Gasteiger partial charge in [0, 0.05) is 11.8 Å². The number of ketones is 1. The van der Waals surface area contributed by atoms with Crippen molar-refractivity contribution in [2.45, 2.75) is 72.4 Å². The number of carbonyl (C=O) groups is 1. The second-order valence-electron chi connectivity index (χ2n) is 6.59. The van der Waals surface area contributed by atoms with Crippen molar-refractivity contribution < 1.29 is 14.3 Å². The molecule has 1 aliphatic rings. The van der Waals surface area contributed by atoms with Crippen molar-refractivity contribution in [1.29, 1.82) is 0 Å². The largest absolute Gasteiger partial charge is 0.344 e. The summed E-state index contributed by atoms with van der Waals surface area (Å²) >= 11 is 0. The molecule has 0 saturated carbocycles. The van der Waals surface area contributed by atoms with Gasteiger partial charge in [-0.2, -0.15) is 0 Å². The molecule has 94 valence electrons. The molecule has 0 bridgehead atoms. The van der Waals surface area contributed by atoms with Crippen LogP contribution in [0, 0.1) is 5.41 Å². The third kappa shape index (κ3) is 3.05. The Balaban J connectivity index is 2.73. The minimum Gasteiger partial charge on any atom is -0.344 e. The normalized spacial score (nSPS) is 28.1. The molecule has 1 aliphatic heterocycles. The van der Waals surface area contributed by atoms with Gasteiger partial charge in [0.25, 0.3) is 0 Å². The standard InChI is InChI=1S/C13H24O3/c1-11(2,3)9(14)8-10-12(4,5)16-13(6,7)15-10/h10H,8H2,1-7H3. The predicted octanol–water partition coefficient (Wildman–Crippen LogP) is 2.92. The van der Waals surface area contributed by atoms with Gasteiger partial charge < -0.3 is 9.47 Å². The van der Waals surface area contributed by atoms with Crippen molar-refractivity contribution in [3.63, 3.8) is 0 Å². The zero-order valence-corrected chi connectivity index (χ0v) is 11.5. The maximum atomic E-state index is 12.0. The summed E-state index contributed by atoms with van der Waals surface area (Å²) < 4.78 is 11.6. The molecule has 1 saturated heterocycles. The van der Waals surface area contributed by atoms with Crippen LogP contribution in [0.3, 0.4) is 0 Å². The van der Waals surface area contributed by atoms with Crippen molar-refractivity contribution in [2.24, 2.45) is 5.41 Å². The van der Waals surface area contributed by atoms with Gasteiger partial charge in [0.15, 0.2) is 5.79 Å². The van der Waals surface area contributed by atoms with Crippen LogP contribution in [0.2, 0.25) is 0 Å². The highest BCUT2D eigenvalue weighted by molar-refractivity contribution is 5.84. The molecule has 1 unspecified atom stereocenters. The van der Waals surface area contributed by atoms with Crippen LogP contribution in [0.5, 0.6) is 0 Å². The second kappa shape index (κ2) is 3.81. The molecular formula is C13H24O3. The Hall–Kier alpha value is -0.410. The molecule has 3 nitrogen and oxygen atoms in total. The molecule has 0 spiro atoms. The van der Waals surface area contributed by atoms with Crippen molar-refractivity contribution in [1.82, 2.24) is 0 Å². The Kier molecular flexibility index (Phi) is 3.25. The summed E-state index contributed by atoms with van der Waals surface area (Å²) in [5.74, 6) is -0.376. The Bertz CT molecular complexity index is 284. The lowest BCUT2D eigenvalue weighted by molar-refractivity contribution is -0.158. The van der Waals surface area contributed by atoms with Gasteiger partial charge in [-0.05, 0) is 27.7 Å². The smallest absolute Gasteiger partial charge is 0.164 e. The van der Waals surface area contributed by atoms with Crippen LogP contribution in [0.25, 0.3) is 0 Å². The first-order valence-electron chi connectivity index (χ1n) is 5.85. The highest BCUT2D eigenvalue weighted by Gasteiger charge is 2.48. The highest BCUT2D eigenvalue weighted by atomic mass is 16.8. The average molecular weight is 228 g/mol. The van der Waals surface area contributed by atoms with Gasteiger partial charge in [0.2, 0.25) is 0 Å². The van der Waals surface area contributed by atoms with Gasteiger partial charge in [-0.3, -0.25) is 4.79 Å². The zero-order valence-electron chi connectivity index (χ0n) is 11.5. The van der Waals surface area contributed by atoms with Gasteiger partial charge in [-0.1, -0.05) is 20.8 Å². The summed E-state index contributed by atoms with van der Waals surface area (Å²) in [7, 11) is 0. The molecule has 3 heteroatoms. The molecule has 1 fully saturated rings. The lowest BCUT2D eigenvalue weighted by Crippen LogP contribution is -2.37. The van der Waals surface area contributed by atoms with Crippen LogP contribution in [0.15, 0.2) is 0 Å². The SMILES string of the molecule is CC1(C)OC(CC(=O)C(C)(C)C)C(C)(C)O1. The maximum absolute atomic E-state index is 12.0. The van der Waals surface area contributed by atoms with Crippen molar-refractivity contribution in [3.05, 3.63) is 0 Å². The second-order valence-corrected chi connectivity index (χ2v) is 6.59. The number of hydrogen-bond acceptors (Lipinski definition) is 3. The summed E-state index contributed by atoms with van der Waals surface area (Å²) in [5.41, 5.74) is -0.712. The van der Waals surface area contributed by atoms with Crippen LogP contribution in [-0.4, -0.2) is 23.3 Å². The van der Waals surface area contributed by atoms with E-state index in [1.165, 1.54) is 0 Å². The van der Waals surface area contributed by atoms with E-state index in [1.54, 1.807) is 0 Å². The zero-order chi connectivity index (χ0) is 12.8. The van der Waals surface area contributed by atoms with E-state index in [0.717, 1.165) is 0 Å². The molecule has 16 heavy (non-hydrogen) atoms. The molecule has 0 aromatic rings. The van der Waals surface area contributed by atoms with Gasteiger partial charge in [-0.25, -0.2) is 0 Å². The molecular weight excluding hydrogens is 204 g/mol. The van der Waals surface area contributed by atoms with Gasteiger partial charge in [0.1, 0.15) is 5.78 Å². The summed E-state index contributed by atoms with van der Waals surface area (Å²) in [5, 5.41) is 0. The van der Waals surface area contributed by atoms with Crippen LogP contribution in [0.1, 0.15) is 54.9 Å². The van der Waals surface area contributed by atoms with E-state index in [9.17, 15) is 4.79 Å². The molecule has 0 aliphatic carbocycles. The Labute approximate surface area is 98.5 Å². The molecule has 0 aromatic heterocycles. The van der Waals surface area contributed by atoms with Crippen LogP contribution >= 0.6 is 0 Å². The first-order chi connectivity index (χ1) is 6.94. The summed E-state index contributed by atoms with van der Waals surface area (Å²) in [6.07, 6.45) is 0.258. The fraction of sp³-hybridized carbons (Fsp3) is 0.923. The first kappa shape index (κ1) is 13.7. The van der Waals surface area contributed by atoms with Crippen molar-refractivity contribution >= 4 is 5.78 Å². The van der Waals surface area contributed by atoms with Gasteiger partial charge in [-0.15, -0.1) is 0 Å². The van der Waals surface area contributed by atoms with Crippen LogP contribution in [-0.2, 0) is 14.3 Å². The predicted molar refractivity (Wildman–Crippen MR) is 63.2 cm³/mol. The lowest BCUT2D eigenvalue weighted by Gasteiger charge is -2.26. The third-order valence-electron chi connectivity index (χ3n) is 2.92. The van der Waals surface area contributed by atoms with E-state index in [4.69, 9.17) is 9.47 Å². The van der Waals surface area contributed by atoms with E-state index in [0.29, 0.717) is 6.42 Å². The molecule has 0 amide bonds. The molecule has 0 N–H and O–H groups in total. The Morgan fingerprint density at radius 1 is 1.19 bits per heavy atom. The van der Waals surface area contributed by atoms with E-state index < -0.39 is 11.4 Å². The maximum Gasteiger partial charge on any atom is 0.164 e. The van der Waals surface area contributed by atoms with Crippen molar-refractivity contribution in [2.75, 3.05) is 0 Å². The first-order valence-corrected chi connectivity index (χ1v) is 5.85. The molecule has 1 heterocycles. The highest BCUT2D eigenvalue weighted by Crippen LogP contribution is 2.38. The molecule has 1 rings (SSSR count). The minimum absolute atomic E-state index is 0.158. The van der Waals surface area contributed by atoms with Crippen LogP contribution < -0.4 is 0 Å². The minimum atomic E-state index is -0.591. The van der Waals surface area contributed by atoms with E-state index in [2.05, 4.69) is 0 Å². The third-order valence-corrected chi connectivity index (χ3v) is 2.92. The fourth-order valence-electron chi connectivity index (χ4n) is 1.97. The van der Waals surface area contributed by atoms with Crippen LogP contribution in [0.4, 0.5) is 0 Å². The fourth-order valence-corrected chi connectivity index (χ4v) is 1.97.